The molecule has 0 radical (unpaired) electrons. The van der Waals surface area contributed by atoms with Gasteiger partial charge < -0.3 is 48.5 Å². The van der Waals surface area contributed by atoms with E-state index >= 15 is 0 Å². The number of amides is 8. The Hall–Kier alpha value is -6.54. The highest BCUT2D eigenvalue weighted by atomic mass is 16.3. The minimum atomic E-state index is -1.66. The van der Waals surface area contributed by atoms with Gasteiger partial charge in [-0.15, -0.1) is 0 Å². The maximum Gasteiger partial charge on any atom is 0.236 e. The third-order valence-corrected chi connectivity index (χ3v) is 13.8. The predicted octanol–water partition coefficient (Wildman–Crippen LogP) is 0.476. The van der Waals surface area contributed by atoms with E-state index in [1.807, 2.05) is 0 Å². The summed E-state index contributed by atoms with van der Waals surface area (Å²) in [4.78, 5) is 163. The summed E-state index contributed by atoms with van der Waals surface area (Å²) in [6, 6.07) is 2.72. The first-order valence-corrected chi connectivity index (χ1v) is 24.8. The number of ketones is 4. The average Bonchev–Trinajstić information content (AvgIpc) is 4.18. The second kappa shape index (κ2) is 27.7. The zero-order valence-corrected chi connectivity index (χ0v) is 40.9. The maximum atomic E-state index is 14.7. The molecule has 0 aromatic heterocycles. The molecule has 1 saturated heterocycles. The van der Waals surface area contributed by atoms with Crippen molar-refractivity contribution in [3.63, 3.8) is 0 Å². The number of primary amides is 3. The van der Waals surface area contributed by atoms with Crippen molar-refractivity contribution in [3.05, 3.63) is 29.8 Å². The molecule has 21 nitrogen and oxygen atoms in total. The number of benzene rings is 1. The Morgan fingerprint density at radius 3 is 2.06 bits per heavy atom. The van der Waals surface area contributed by atoms with Gasteiger partial charge in [-0.3, -0.25) is 57.5 Å². The lowest BCUT2D eigenvalue weighted by Gasteiger charge is -2.31. The first kappa shape index (κ1) is 57.0. The van der Waals surface area contributed by atoms with Crippen LogP contribution in [-0.2, 0) is 64.0 Å². The zero-order valence-electron chi connectivity index (χ0n) is 40.9. The SMILES string of the molecule is CC[C@H](C)[C@@H]1NC(=O)[C@H](Cc2ccc(O)cc2)CC(=O)CCC(=O)NC[C@@H](C(=O)N(CC(=O)C[C@H](C(=O)NCC(N)=O)C2CCCCC2)C2CC2)CC(=O)[C@H](CC(N)=O)NC(=O)[C@H](CCC(N)=O)CC1=O. The van der Waals surface area contributed by atoms with Gasteiger partial charge in [0.2, 0.25) is 47.3 Å². The first-order valence-electron chi connectivity index (χ1n) is 24.8. The molecule has 1 aliphatic heterocycles. The maximum absolute atomic E-state index is 14.7. The number of hydrogen-bond donors (Lipinski definition) is 8. The lowest BCUT2D eigenvalue weighted by molar-refractivity contribution is -0.142. The summed E-state index contributed by atoms with van der Waals surface area (Å²) in [6.07, 6.45) is 1.56. The highest BCUT2D eigenvalue weighted by molar-refractivity contribution is 5.99. The van der Waals surface area contributed by atoms with Crippen LogP contribution in [0.25, 0.3) is 0 Å². The molecule has 4 rings (SSSR count). The van der Waals surface area contributed by atoms with E-state index in [2.05, 4.69) is 21.3 Å². The van der Waals surface area contributed by atoms with Gasteiger partial charge in [0.25, 0.3) is 0 Å². The lowest BCUT2D eigenvalue weighted by Crippen LogP contribution is -2.51. The fourth-order valence-corrected chi connectivity index (χ4v) is 9.38. The number of nitrogens with one attached hydrogen (secondary N) is 4. The van der Waals surface area contributed by atoms with Gasteiger partial charge in [0, 0.05) is 75.3 Å². The van der Waals surface area contributed by atoms with Crippen molar-refractivity contribution in [2.24, 2.45) is 52.7 Å². The molecule has 21 heteroatoms. The molecule has 11 N–H and O–H groups in total. The molecule has 0 spiro atoms. The van der Waals surface area contributed by atoms with Gasteiger partial charge in [0.05, 0.1) is 37.5 Å². The van der Waals surface area contributed by atoms with Gasteiger partial charge in [0.1, 0.15) is 11.5 Å². The number of rotatable bonds is 19. The van der Waals surface area contributed by atoms with Crippen molar-refractivity contribution in [2.45, 2.75) is 148 Å². The van der Waals surface area contributed by atoms with Crippen LogP contribution in [0.5, 0.6) is 5.75 Å². The Balaban J connectivity index is 1.69. The molecule has 3 fully saturated rings. The molecule has 1 aromatic carbocycles. The number of aromatic hydroxyl groups is 1. The minimum absolute atomic E-state index is 0.0118. The summed E-state index contributed by atoms with van der Waals surface area (Å²) >= 11 is 0. The van der Waals surface area contributed by atoms with E-state index in [0.717, 1.165) is 19.3 Å². The molecule has 0 bridgehead atoms. The number of nitrogens with two attached hydrogens (primary N) is 3. The first-order chi connectivity index (χ1) is 33.6. The van der Waals surface area contributed by atoms with Crippen molar-refractivity contribution in [3.8, 4) is 5.75 Å². The molecular formula is C50H72N8O13. The number of phenols is 1. The van der Waals surface area contributed by atoms with E-state index in [4.69, 9.17) is 17.2 Å². The molecule has 2 aliphatic carbocycles. The van der Waals surface area contributed by atoms with Gasteiger partial charge in [-0.05, 0) is 68.1 Å². The van der Waals surface area contributed by atoms with E-state index in [0.29, 0.717) is 37.7 Å². The third-order valence-electron chi connectivity index (χ3n) is 13.8. The van der Waals surface area contributed by atoms with E-state index in [1.54, 1.807) is 26.0 Å². The molecular weight excluding hydrogens is 921 g/mol. The second-order valence-corrected chi connectivity index (χ2v) is 19.6. The summed E-state index contributed by atoms with van der Waals surface area (Å²) in [7, 11) is 0. The van der Waals surface area contributed by atoms with Crippen LogP contribution in [0.4, 0.5) is 0 Å². The molecule has 8 amide bonds. The molecule has 7 atom stereocenters. The van der Waals surface area contributed by atoms with Gasteiger partial charge in [-0.25, -0.2) is 0 Å². The molecule has 1 heterocycles. The topological polar surface area (TPSA) is 354 Å². The van der Waals surface area contributed by atoms with Crippen LogP contribution in [0, 0.1) is 35.5 Å². The Morgan fingerprint density at radius 1 is 0.789 bits per heavy atom. The molecule has 3 aliphatic rings. The second-order valence-electron chi connectivity index (χ2n) is 19.6. The number of Topliss-reactive ketones (excluding diaryl/α,β-unsaturated/α-hetero) is 4. The van der Waals surface area contributed by atoms with Crippen molar-refractivity contribution in [1.29, 1.82) is 0 Å². The van der Waals surface area contributed by atoms with E-state index in [-0.39, 0.29) is 56.6 Å². The van der Waals surface area contributed by atoms with Crippen LogP contribution >= 0.6 is 0 Å². The number of hydrogen-bond acceptors (Lipinski definition) is 13. The number of nitrogens with zero attached hydrogens (tertiary/aromatic N) is 1. The molecule has 1 aromatic rings. The van der Waals surface area contributed by atoms with Crippen molar-refractivity contribution >= 4 is 70.4 Å². The molecule has 390 valence electrons. The van der Waals surface area contributed by atoms with Crippen LogP contribution < -0.4 is 38.5 Å². The zero-order chi connectivity index (χ0) is 52.4. The van der Waals surface area contributed by atoms with E-state index < -0.39 is 157 Å². The highest BCUT2D eigenvalue weighted by Gasteiger charge is 2.41. The van der Waals surface area contributed by atoms with Gasteiger partial charge >= 0.3 is 0 Å². The fourth-order valence-electron chi connectivity index (χ4n) is 9.38. The van der Waals surface area contributed by atoms with Crippen LogP contribution in [0.2, 0.25) is 0 Å². The highest BCUT2D eigenvalue weighted by Crippen LogP contribution is 2.34. The quantitative estimate of drug-likeness (QED) is 0.0936. The smallest absolute Gasteiger partial charge is 0.236 e. The van der Waals surface area contributed by atoms with Crippen LogP contribution in [0.3, 0.4) is 0 Å². The summed E-state index contributed by atoms with van der Waals surface area (Å²) in [5.74, 6) is -13.7. The van der Waals surface area contributed by atoms with Crippen LogP contribution in [-0.4, -0.2) is 118 Å². The number of carbonyl (C=O) groups is 12. The van der Waals surface area contributed by atoms with Crippen LogP contribution in [0.15, 0.2) is 24.3 Å². The Labute approximate surface area is 413 Å². The Kier molecular flexibility index (Phi) is 22.3. The number of carbonyl (C=O) groups excluding carboxylic acids is 12. The normalized spacial score (nSPS) is 23.5. The summed E-state index contributed by atoms with van der Waals surface area (Å²) in [5.41, 5.74) is 16.9. The molecule has 2 saturated carbocycles. The summed E-state index contributed by atoms with van der Waals surface area (Å²) in [6.45, 7) is 2.14. The number of phenolic OH excluding ortho intramolecular Hbond substituents is 1. The van der Waals surface area contributed by atoms with Crippen molar-refractivity contribution < 1.29 is 62.6 Å². The molecule has 0 unspecified atom stereocenters. The third kappa shape index (κ3) is 19.0. The Bertz CT molecular complexity index is 2140. The predicted molar refractivity (Wildman–Crippen MR) is 256 cm³/mol. The minimum Gasteiger partial charge on any atom is -0.508 e. The average molecular weight is 993 g/mol. The van der Waals surface area contributed by atoms with Gasteiger partial charge in [0.15, 0.2) is 17.3 Å². The van der Waals surface area contributed by atoms with Crippen LogP contribution in [0.1, 0.15) is 129 Å². The Morgan fingerprint density at radius 2 is 1.45 bits per heavy atom. The van der Waals surface area contributed by atoms with E-state index in [9.17, 15) is 62.6 Å². The van der Waals surface area contributed by atoms with Gasteiger partial charge in [-0.2, -0.15) is 0 Å². The monoisotopic (exact) mass is 993 g/mol. The lowest BCUT2D eigenvalue weighted by atomic mass is 9.77. The summed E-state index contributed by atoms with van der Waals surface area (Å²) < 4.78 is 0. The fraction of sp³-hybridized carbons (Fsp3) is 0.640. The van der Waals surface area contributed by atoms with E-state index in [1.165, 1.54) is 17.0 Å². The van der Waals surface area contributed by atoms with Crippen molar-refractivity contribution in [1.82, 2.24) is 26.2 Å². The summed E-state index contributed by atoms with van der Waals surface area (Å²) in [5, 5.41) is 20.3. The largest absolute Gasteiger partial charge is 0.508 e. The van der Waals surface area contributed by atoms with Crippen molar-refractivity contribution in [2.75, 3.05) is 19.6 Å². The molecule has 71 heavy (non-hydrogen) atoms. The van der Waals surface area contributed by atoms with Gasteiger partial charge in [-0.1, -0.05) is 51.7 Å². The standard InChI is InChI=1S/C50H72N8O13/c1-3-28(2)46-41(63)21-31(11-17-42(51)64)47(68)56-39(24-43(52)65)40(62)22-33(25-54-45(67)18-16-36(60)20-32(48(69)57-46)19-29-9-14-35(59)15-10-29)50(71)58(34-12-13-34)27-37(61)23-38(30-7-5-4-6-8-30)49(70)55-26-44(53)66/h9-10,14-15,28,30-34,38-39,46,59H,3-8,11-13,16-27H2,1-2H3,(H2,51,64)(H2,52,65)(H2,53,66)(H,54,67)(H,55,70)(H,56,68)(H,57,69)/t28-,31+,32+,33-,38-,39-,46-/m0/s1.